The van der Waals surface area contributed by atoms with Crippen LogP contribution in [-0.4, -0.2) is 10.3 Å². The maximum Gasteiger partial charge on any atom is 0.269 e. The number of hydrogen-bond donors (Lipinski definition) is 0. The van der Waals surface area contributed by atoms with E-state index >= 15 is 0 Å². The Morgan fingerprint density at radius 3 is 2.50 bits per heavy atom. The Bertz CT molecular complexity index is 337. The summed E-state index contributed by atoms with van der Waals surface area (Å²) in [5.41, 5.74) is 1.19. The van der Waals surface area contributed by atoms with Crippen LogP contribution in [0.3, 0.4) is 0 Å². The zero-order valence-corrected chi connectivity index (χ0v) is 10.1. The Balaban J connectivity index is 2.51. The number of hydrogen-bond acceptors (Lipinski definition) is 2. The van der Waals surface area contributed by atoms with Crippen LogP contribution in [0.25, 0.3) is 0 Å². The van der Waals surface area contributed by atoms with Crippen LogP contribution in [0, 0.1) is 10.1 Å². The van der Waals surface area contributed by atoms with Crippen molar-refractivity contribution in [3.05, 3.63) is 39.9 Å². The quantitative estimate of drug-likeness (QED) is 0.430. The number of non-ortho nitro benzene ring substituents is 1. The first kappa shape index (κ1) is 13.0. The molecule has 0 heterocycles. The number of alkyl halides is 1. The zero-order chi connectivity index (χ0) is 12.0. The van der Waals surface area contributed by atoms with Gasteiger partial charge in [-0.1, -0.05) is 31.9 Å². The molecular formula is C12H16ClNO2. The van der Waals surface area contributed by atoms with Crippen molar-refractivity contribution in [2.45, 2.75) is 38.0 Å². The van der Waals surface area contributed by atoms with Crippen LogP contribution in [0.5, 0.6) is 0 Å². The van der Waals surface area contributed by atoms with Gasteiger partial charge < -0.3 is 0 Å². The van der Waals surface area contributed by atoms with E-state index in [0.717, 1.165) is 31.2 Å². The second-order valence-electron chi connectivity index (χ2n) is 3.87. The van der Waals surface area contributed by atoms with Crippen molar-refractivity contribution >= 4 is 17.3 Å². The minimum absolute atomic E-state index is 0.126. The molecule has 0 saturated heterocycles. The topological polar surface area (TPSA) is 43.1 Å². The van der Waals surface area contributed by atoms with E-state index in [0.29, 0.717) is 0 Å². The van der Waals surface area contributed by atoms with Gasteiger partial charge in [0.1, 0.15) is 0 Å². The van der Waals surface area contributed by atoms with Crippen LogP contribution < -0.4 is 0 Å². The summed E-state index contributed by atoms with van der Waals surface area (Å²) in [7, 11) is 0. The summed E-state index contributed by atoms with van der Waals surface area (Å²) in [6.45, 7) is 2.13. The van der Waals surface area contributed by atoms with E-state index in [1.54, 1.807) is 12.1 Å². The standard InChI is InChI=1S/C12H16ClNO2/c1-2-3-4-11(13)9-10-5-7-12(8-6-10)14(15)16/h5-8,11H,2-4,9H2,1H3. The maximum atomic E-state index is 10.5. The molecule has 1 aromatic carbocycles. The minimum Gasteiger partial charge on any atom is -0.258 e. The summed E-state index contributed by atoms with van der Waals surface area (Å²) < 4.78 is 0. The van der Waals surface area contributed by atoms with E-state index in [1.807, 2.05) is 0 Å². The van der Waals surface area contributed by atoms with Gasteiger partial charge in [-0.25, -0.2) is 0 Å². The highest BCUT2D eigenvalue weighted by Crippen LogP contribution is 2.17. The van der Waals surface area contributed by atoms with Gasteiger partial charge in [0.05, 0.1) is 4.92 Å². The SMILES string of the molecule is CCCCC(Cl)Cc1ccc([N+](=O)[O-])cc1. The van der Waals surface area contributed by atoms with E-state index in [2.05, 4.69) is 6.92 Å². The van der Waals surface area contributed by atoms with Crippen molar-refractivity contribution in [1.82, 2.24) is 0 Å². The third kappa shape index (κ3) is 4.19. The van der Waals surface area contributed by atoms with E-state index in [-0.39, 0.29) is 16.0 Å². The highest BCUT2D eigenvalue weighted by Gasteiger charge is 2.08. The van der Waals surface area contributed by atoms with E-state index in [9.17, 15) is 10.1 Å². The molecule has 0 radical (unpaired) electrons. The molecule has 0 aliphatic carbocycles. The van der Waals surface area contributed by atoms with E-state index in [4.69, 9.17) is 11.6 Å². The van der Waals surface area contributed by atoms with Crippen LogP contribution in [-0.2, 0) is 6.42 Å². The first-order valence-electron chi connectivity index (χ1n) is 5.51. The lowest BCUT2D eigenvalue weighted by atomic mass is 10.1. The second kappa shape index (κ2) is 6.48. The van der Waals surface area contributed by atoms with Gasteiger partial charge in [-0.15, -0.1) is 11.6 Å². The molecule has 1 unspecified atom stereocenters. The number of nitro groups is 1. The summed E-state index contributed by atoms with van der Waals surface area (Å²) in [5.74, 6) is 0. The molecule has 1 aromatic rings. The maximum absolute atomic E-state index is 10.5. The summed E-state index contributed by atoms with van der Waals surface area (Å²) in [4.78, 5) is 10.1. The second-order valence-corrected chi connectivity index (χ2v) is 4.48. The Kier molecular flexibility index (Phi) is 5.26. The number of benzene rings is 1. The molecule has 88 valence electrons. The molecule has 1 rings (SSSR count). The monoisotopic (exact) mass is 241 g/mol. The molecule has 0 fully saturated rings. The summed E-state index contributed by atoms with van der Waals surface area (Å²) in [6, 6.07) is 6.61. The number of rotatable bonds is 6. The Morgan fingerprint density at radius 1 is 1.38 bits per heavy atom. The Morgan fingerprint density at radius 2 is 2.00 bits per heavy atom. The molecule has 0 aliphatic rings. The van der Waals surface area contributed by atoms with Crippen molar-refractivity contribution in [2.75, 3.05) is 0 Å². The van der Waals surface area contributed by atoms with Crippen LogP contribution in [0.1, 0.15) is 31.7 Å². The van der Waals surface area contributed by atoms with Crippen LogP contribution in [0.15, 0.2) is 24.3 Å². The number of nitrogens with zero attached hydrogens (tertiary/aromatic N) is 1. The first-order chi connectivity index (χ1) is 7.63. The van der Waals surface area contributed by atoms with Crippen molar-refractivity contribution in [2.24, 2.45) is 0 Å². The van der Waals surface area contributed by atoms with Gasteiger partial charge in [-0.3, -0.25) is 10.1 Å². The van der Waals surface area contributed by atoms with Gasteiger partial charge in [0, 0.05) is 17.5 Å². The molecule has 3 nitrogen and oxygen atoms in total. The number of halogens is 1. The molecule has 0 spiro atoms. The predicted molar refractivity (Wildman–Crippen MR) is 66.0 cm³/mol. The lowest BCUT2D eigenvalue weighted by Gasteiger charge is -2.08. The lowest BCUT2D eigenvalue weighted by molar-refractivity contribution is -0.384. The van der Waals surface area contributed by atoms with Crippen molar-refractivity contribution in [3.63, 3.8) is 0 Å². The lowest BCUT2D eigenvalue weighted by Crippen LogP contribution is -2.03. The van der Waals surface area contributed by atoms with Gasteiger partial charge in [-0.05, 0) is 18.4 Å². The van der Waals surface area contributed by atoms with Gasteiger partial charge in [0.15, 0.2) is 0 Å². The molecule has 16 heavy (non-hydrogen) atoms. The van der Waals surface area contributed by atoms with Crippen LogP contribution in [0.4, 0.5) is 5.69 Å². The summed E-state index contributed by atoms with van der Waals surface area (Å²) in [6.07, 6.45) is 4.04. The Labute approximate surface area is 101 Å². The van der Waals surface area contributed by atoms with Crippen molar-refractivity contribution in [3.8, 4) is 0 Å². The largest absolute Gasteiger partial charge is 0.269 e. The van der Waals surface area contributed by atoms with Gasteiger partial charge >= 0.3 is 0 Å². The van der Waals surface area contributed by atoms with Crippen molar-refractivity contribution < 1.29 is 4.92 Å². The molecule has 4 heteroatoms. The third-order valence-electron chi connectivity index (χ3n) is 2.48. The third-order valence-corrected chi connectivity index (χ3v) is 2.85. The molecular weight excluding hydrogens is 226 g/mol. The van der Waals surface area contributed by atoms with Gasteiger partial charge in [-0.2, -0.15) is 0 Å². The average molecular weight is 242 g/mol. The average Bonchev–Trinajstić information content (AvgIpc) is 2.27. The normalized spacial score (nSPS) is 12.4. The first-order valence-corrected chi connectivity index (χ1v) is 5.94. The van der Waals surface area contributed by atoms with Crippen LogP contribution in [0.2, 0.25) is 0 Å². The number of nitro benzene ring substituents is 1. The molecule has 0 aliphatic heterocycles. The molecule has 0 aromatic heterocycles. The highest BCUT2D eigenvalue weighted by atomic mass is 35.5. The van der Waals surface area contributed by atoms with E-state index < -0.39 is 0 Å². The summed E-state index contributed by atoms with van der Waals surface area (Å²) in [5, 5.41) is 10.6. The van der Waals surface area contributed by atoms with Crippen molar-refractivity contribution in [1.29, 1.82) is 0 Å². The smallest absolute Gasteiger partial charge is 0.258 e. The molecule has 1 atom stereocenters. The fraction of sp³-hybridized carbons (Fsp3) is 0.500. The fourth-order valence-corrected chi connectivity index (χ4v) is 1.87. The highest BCUT2D eigenvalue weighted by molar-refractivity contribution is 6.20. The molecule has 0 amide bonds. The minimum atomic E-state index is -0.390. The predicted octanol–water partition coefficient (Wildman–Crippen LogP) is 3.93. The zero-order valence-electron chi connectivity index (χ0n) is 9.36. The number of unbranched alkanes of at least 4 members (excludes halogenated alkanes) is 1. The van der Waals surface area contributed by atoms with Gasteiger partial charge in [0.25, 0.3) is 5.69 Å². The summed E-state index contributed by atoms with van der Waals surface area (Å²) >= 11 is 6.16. The molecule has 0 bridgehead atoms. The molecule has 0 N–H and O–H groups in total. The van der Waals surface area contributed by atoms with Crippen LogP contribution >= 0.6 is 11.6 Å². The van der Waals surface area contributed by atoms with Gasteiger partial charge in [0.2, 0.25) is 0 Å². The fourth-order valence-electron chi connectivity index (χ4n) is 1.54. The van der Waals surface area contributed by atoms with E-state index in [1.165, 1.54) is 12.1 Å². The molecule has 0 saturated carbocycles. The Hall–Kier alpha value is -1.09.